The van der Waals surface area contributed by atoms with Crippen LogP contribution in [0.2, 0.25) is 0 Å². The van der Waals surface area contributed by atoms with Gasteiger partial charge in [0.1, 0.15) is 90.3 Å². The first kappa shape index (κ1) is 106. The smallest absolute Gasteiger partial charge is 0.326 e. The van der Waals surface area contributed by atoms with Crippen molar-refractivity contribution in [3.63, 3.8) is 0 Å². The number of carboxylic acids is 4. The van der Waals surface area contributed by atoms with E-state index in [2.05, 4.69) is 79.8 Å². The van der Waals surface area contributed by atoms with Gasteiger partial charge in [-0.1, -0.05) is 53.7 Å². The summed E-state index contributed by atoms with van der Waals surface area (Å²) in [5.74, 6) is -27.9. The number of rotatable bonds is 59. The molecule has 0 fully saturated rings. The van der Waals surface area contributed by atoms with Gasteiger partial charge in [0.05, 0.1) is 39.2 Å². The maximum atomic E-state index is 14.4. The van der Waals surface area contributed by atoms with Gasteiger partial charge in [-0.15, -0.1) is 0 Å². The molecular weight excluding hydrogens is 1610 g/mol. The number of guanidine groups is 1. The van der Waals surface area contributed by atoms with E-state index >= 15 is 0 Å². The van der Waals surface area contributed by atoms with Crippen molar-refractivity contribution in [2.45, 2.75) is 216 Å². The lowest BCUT2D eigenvalue weighted by Crippen LogP contribution is -2.62. The lowest BCUT2D eigenvalue weighted by molar-refractivity contribution is -0.143. The van der Waals surface area contributed by atoms with Gasteiger partial charge in [0.25, 0.3) is 0 Å². The minimum absolute atomic E-state index is 0.0906. The van der Waals surface area contributed by atoms with Gasteiger partial charge in [-0.2, -0.15) is 11.8 Å². The number of nitrogens with two attached hydrogens (primary N) is 4. The Morgan fingerprint density at radius 1 is 0.392 bits per heavy atom. The first-order valence-electron chi connectivity index (χ1n) is 37.8. The molecule has 120 heavy (non-hydrogen) atoms. The van der Waals surface area contributed by atoms with Crippen LogP contribution in [0.25, 0.3) is 0 Å². The number of primary amides is 2. The number of nitrogens with one attached hydrogen (secondary N) is 16. The number of phenolic OH excluding ortho intramolecular Hbond substituents is 1. The van der Waals surface area contributed by atoms with Crippen molar-refractivity contribution in [1.29, 1.82) is 5.41 Å². The number of hydrogen-bond donors (Lipinski definition) is 28. The summed E-state index contributed by atoms with van der Waals surface area (Å²) in [5, 5.41) is 121. The third-order valence-corrected chi connectivity index (χ3v) is 18.0. The van der Waals surface area contributed by atoms with Gasteiger partial charge in [0, 0.05) is 32.2 Å². The van der Waals surface area contributed by atoms with Crippen molar-refractivity contribution >= 4 is 136 Å². The SMILES string of the molecule is CSCC[C@H](NC(=O)[C@H](CC(C)C)NC(=O)[C@H](CO)NC(=O)[C@H](CO)NC(=O)CN)C(=O)N[C@@H](CCC(=O)O)C(=O)N[C@@H](CO)C(=O)N[C@@H](CCC(=O)O)C(=O)N[C@H](C(=O)N[C@@H](CC(N)=O)C(=O)N[C@@H](CC(C)C)C(=O)N[C@@H](CC(=O)O)C(=O)N[C@@H](CCCNC(=N)N)C(=O)N[C@@H](Cc1ccc(O)cc1)C(=O)N[C@@H](CCC(N)=O)C(=O)O)C(C)C. The zero-order chi connectivity index (χ0) is 91.4. The van der Waals surface area contributed by atoms with E-state index in [-0.39, 0.29) is 56.1 Å². The zero-order valence-electron chi connectivity index (χ0n) is 67.2. The van der Waals surface area contributed by atoms with Crippen LogP contribution >= 0.6 is 11.8 Å². The van der Waals surface area contributed by atoms with Crippen LogP contribution in [-0.2, 0) is 102 Å². The number of aromatic hydroxyl groups is 1. The number of carbonyl (C=O) groups excluding carboxylic acids is 16. The van der Waals surface area contributed by atoms with E-state index in [0.29, 0.717) is 5.56 Å². The molecule has 0 aromatic heterocycles. The van der Waals surface area contributed by atoms with Crippen molar-refractivity contribution in [3.05, 3.63) is 29.8 Å². The minimum Gasteiger partial charge on any atom is -0.508 e. The molecule has 0 spiro atoms. The molecule has 0 unspecified atom stereocenters. The van der Waals surface area contributed by atoms with E-state index in [1.54, 1.807) is 34.0 Å². The normalized spacial score (nSPS) is 14.6. The summed E-state index contributed by atoms with van der Waals surface area (Å²) < 4.78 is 0. The molecule has 32 N–H and O–H groups in total. The largest absolute Gasteiger partial charge is 0.508 e. The molecule has 0 aliphatic rings. The van der Waals surface area contributed by atoms with Gasteiger partial charge in [0.15, 0.2) is 5.96 Å². The lowest BCUT2D eigenvalue weighted by atomic mass is 10.00. The number of thioether (sulfide) groups is 1. The Morgan fingerprint density at radius 2 is 0.733 bits per heavy atom. The molecule has 49 heteroatoms. The van der Waals surface area contributed by atoms with Gasteiger partial charge < -0.3 is 144 Å². The summed E-state index contributed by atoms with van der Waals surface area (Å²) in [6.07, 6.45) is -6.34. The summed E-state index contributed by atoms with van der Waals surface area (Å²) in [6, 6.07) is -20.2. The fourth-order valence-corrected chi connectivity index (χ4v) is 11.5. The summed E-state index contributed by atoms with van der Waals surface area (Å²) in [4.78, 5) is 267. The molecule has 16 amide bonds. The lowest BCUT2D eigenvalue weighted by Gasteiger charge is -2.29. The summed E-state index contributed by atoms with van der Waals surface area (Å²) in [6.45, 7) is 5.10. The number of aliphatic hydroxyl groups excluding tert-OH is 3. The molecule has 0 saturated heterocycles. The average molecular weight is 1730 g/mol. The predicted molar refractivity (Wildman–Crippen MR) is 421 cm³/mol. The zero-order valence-corrected chi connectivity index (χ0v) is 68.0. The molecule has 48 nitrogen and oxygen atoms in total. The van der Waals surface area contributed by atoms with Crippen LogP contribution < -0.4 is 103 Å². The standard InChI is InChI=1S/C71H114N20O28S/c1-32(2)23-42(85-68(116)49(31-94)90-66(114)47(29-92)78-52(98)28-72)61(109)82-40(20-22-120-7)59(107)80-38(15-18-53(99)100)58(106)89-48(30-93)67(115)81-39(16-19-54(101)102)60(108)91-56(34(5)6)69(117)88-45(26-51(74)97)64(112)84-43(24-33(3)4)62(110)87-46(27-55(103)104)65(113)79-37(9-8-21-77-71(75)76)57(105)86-44(25-35-10-12-36(95)13-11-35)63(111)83-41(70(118)119)14-17-50(73)96/h10-13,32-34,37-49,56,92-95H,8-9,14-31,72H2,1-7H3,(H2,73,96)(H2,74,97)(H,78,98)(H,79,113)(H,80,107)(H,81,115)(H,82,109)(H,83,111)(H,84,112)(H,85,116)(H,86,105)(H,87,110)(H,88,117)(H,89,106)(H,90,114)(H,91,108)(H,99,100)(H,101,102)(H,103,104)(H,118,119)(H4,75,76,77)/t37-,38-,39-,40-,41-,42-,43-,44-,45-,46-,47-,48-,49-,56-/m0/s1. The third kappa shape index (κ3) is 41.3. The van der Waals surface area contributed by atoms with Gasteiger partial charge >= 0.3 is 23.9 Å². The number of aliphatic hydroxyl groups is 3. The van der Waals surface area contributed by atoms with E-state index in [1.165, 1.54) is 49.9 Å². The maximum absolute atomic E-state index is 14.4. The van der Waals surface area contributed by atoms with E-state index in [4.69, 9.17) is 28.3 Å². The van der Waals surface area contributed by atoms with Crippen LogP contribution in [0.1, 0.15) is 131 Å². The third-order valence-electron chi connectivity index (χ3n) is 17.4. The molecule has 0 aliphatic carbocycles. The van der Waals surface area contributed by atoms with Gasteiger partial charge in [-0.25, -0.2) is 4.79 Å². The van der Waals surface area contributed by atoms with Crippen LogP contribution in [0.15, 0.2) is 24.3 Å². The van der Waals surface area contributed by atoms with Crippen molar-refractivity contribution in [2.24, 2.45) is 40.7 Å². The number of carboxylic acid groups (broad SMARTS) is 4. The highest BCUT2D eigenvalue weighted by Gasteiger charge is 2.40. The summed E-state index contributed by atoms with van der Waals surface area (Å²) in [5.41, 5.74) is 21.7. The molecule has 0 aliphatic heterocycles. The van der Waals surface area contributed by atoms with E-state index in [1.807, 2.05) is 0 Å². The summed E-state index contributed by atoms with van der Waals surface area (Å²) >= 11 is 1.19. The van der Waals surface area contributed by atoms with Crippen molar-refractivity contribution < 1.29 is 137 Å². The topological polar surface area (TPSA) is 812 Å². The highest BCUT2D eigenvalue weighted by Crippen LogP contribution is 2.16. The quantitative estimate of drug-likeness (QED) is 0.0164. The number of carbonyl (C=O) groups is 20. The molecule has 672 valence electrons. The van der Waals surface area contributed by atoms with Gasteiger partial charge in [-0.3, -0.25) is 96.5 Å². The molecule has 0 bridgehead atoms. The Balaban J connectivity index is 3.68. The number of aliphatic carboxylic acids is 4. The first-order chi connectivity index (χ1) is 56.2. The number of phenols is 1. The highest BCUT2D eigenvalue weighted by atomic mass is 32.2. The van der Waals surface area contributed by atoms with Gasteiger partial charge in [-0.05, 0) is 98.8 Å². The van der Waals surface area contributed by atoms with Crippen LogP contribution in [0.4, 0.5) is 0 Å². The second-order valence-corrected chi connectivity index (χ2v) is 29.7. The van der Waals surface area contributed by atoms with E-state index in [0.717, 1.165) is 0 Å². The maximum Gasteiger partial charge on any atom is 0.326 e. The Kier molecular flexibility index (Phi) is 48.3. The monoisotopic (exact) mass is 1730 g/mol. The first-order valence-corrected chi connectivity index (χ1v) is 39.2. The Morgan fingerprint density at radius 3 is 1.12 bits per heavy atom. The molecule has 1 aromatic rings. The van der Waals surface area contributed by atoms with Crippen LogP contribution in [-0.4, -0.2) is 295 Å². The minimum atomic E-state index is -2.11. The van der Waals surface area contributed by atoms with E-state index < -0.39 is 305 Å². The second kappa shape index (κ2) is 54.8. The van der Waals surface area contributed by atoms with E-state index in [9.17, 15) is 137 Å². The molecule has 1 aromatic carbocycles. The highest BCUT2D eigenvalue weighted by molar-refractivity contribution is 7.98. The Bertz CT molecular complexity index is 3750. The number of hydrogen-bond acceptors (Lipinski definition) is 27. The molecule has 1 rings (SSSR count). The van der Waals surface area contributed by atoms with Crippen molar-refractivity contribution in [2.75, 3.05) is 44.9 Å². The second-order valence-electron chi connectivity index (χ2n) is 28.7. The summed E-state index contributed by atoms with van der Waals surface area (Å²) in [7, 11) is 0. The predicted octanol–water partition coefficient (Wildman–Crippen LogP) is -10.1. The molecule has 0 saturated carbocycles. The molecule has 14 atom stereocenters. The van der Waals surface area contributed by atoms with Crippen molar-refractivity contribution in [3.8, 4) is 5.75 Å². The van der Waals surface area contributed by atoms with Gasteiger partial charge in [0.2, 0.25) is 94.5 Å². The molecule has 0 heterocycles. The fourth-order valence-electron chi connectivity index (χ4n) is 11.1. The van der Waals surface area contributed by atoms with Crippen LogP contribution in [0.5, 0.6) is 5.75 Å². The molecular formula is C71H114N20O28S. The molecule has 0 radical (unpaired) electrons. The van der Waals surface area contributed by atoms with Crippen molar-refractivity contribution in [1.82, 2.24) is 79.8 Å². The fraction of sp³-hybridized carbons (Fsp3) is 0.620. The average Bonchev–Trinajstić information content (AvgIpc) is 0.855. The number of benzene rings is 1. The Hall–Kier alpha value is -12.1. The van der Waals surface area contributed by atoms with Crippen LogP contribution in [0.3, 0.4) is 0 Å². The van der Waals surface area contributed by atoms with Crippen LogP contribution in [0, 0.1) is 23.2 Å². The Labute approximate surface area is 692 Å². The number of amides is 16.